The predicted octanol–water partition coefficient (Wildman–Crippen LogP) is 4.84. The van der Waals surface area contributed by atoms with Crippen LogP contribution in [0.2, 0.25) is 0 Å². The van der Waals surface area contributed by atoms with E-state index in [9.17, 15) is 4.79 Å². The van der Waals surface area contributed by atoms with Gasteiger partial charge in [-0.2, -0.15) is 0 Å². The molecule has 0 atom stereocenters. The number of H-pyrrole nitrogens is 1. The molecule has 4 nitrogen and oxygen atoms in total. The van der Waals surface area contributed by atoms with Gasteiger partial charge >= 0.3 is 0 Å². The van der Waals surface area contributed by atoms with Crippen molar-refractivity contribution in [2.45, 2.75) is 40.2 Å². The van der Waals surface area contributed by atoms with Crippen molar-refractivity contribution in [1.82, 2.24) is 10.3 Å². The van der Waals surface area contributed by atoms with Gasteiger partial charge in [-0.15, -0.1) is 0 Å². The highest BCUT2D eigenvalue weighted by Crippen LogP contribution is 2.24. The topological polar surface area (TPSA) is 54.1 Å². The molecule has 0 aliphatic rings. The molecule has 0 saturated heterocycles. The Balaban J connectivity index is 1.56. The van der Waals surface area contributed by atoms with Crippen molar-refractivity contribution in [2.24, 2.45) is 5.41 Å². The summed E-state index contributed by atoms with van der Waals surface area (Å²) in [7, 11) is 0. The summed E-state index contributed by atoms with van der Waals surface area (Å²) >= 11 is 0. The van der Waals surface area contributed by atoms with E-state index >= 15 is 0 Å². The highest BCUT2D eigenvalue weighted by Gasteiger charge is 2.15. The first-order valence-corrected chi connectivity index (χ1v) is 9.44. The van der Waals surface area contributed by atoms with Gasteiger partial charge in [-0.3, -0.25) is 4.79 Å². The molecule has 0 aliphatic carbocycles. The van der Waals surface area contributed by atoms with Gasteiger partial charge in [0.15, 0.2) is 0 Å². The van der Waals surface area contributed by atoms with Crippen LogP contribution in [0.25, 0.3) is 10.9 Å². The zero-order valence-electron chi connectivity index (χ0n) is 16.3. The number of hydrogen-bond acceptors (Lipinski definition) is 2. The molecule has 0 radical (unpaired) electrons. The summed E-state index contributed by atoms with van der Waals surface area (Å²) in [6.07, 6.45) is 3.37. The predicted molar refractivity (Wildman–Crippen MR) is 110 cm³/mol. The minimum Gasteiger partial charge on any atom is -0.489 e. The second-order valence-corrected chi connectivity index (χ2v) is 8.13. The molecule has 142 valence electrons. The van der Waals surface area contributed by atoms with Crippen molar-refractivity contribution in [3.8, 4) is 5.75 Å². The van der Waals surface area contributed by atoms with Gasteiger partial charge in [-0.25, -0.2) is 0 Å². The minimum absolute atomic E-state index is 0.0149. The number of aromatic nitrogens is 1. The molecular weight excluding hydrogens is 336 g/mol. The molecule has 1 heterocycles. The third-order valence-electron chi connectivity index (χ3n) is 4.39. The largest absolute Gasteiger partial charge is 0.489 e. The van der Waals surface area contributed by atoms with Crippen molar-refractivity contribution in [1.29, 1.82) is 0 Å². The van der Waals surface area contributed by atoms with Crippen molar-refractivity contribution in [3.05, 3.63) is 65.9 Å². The number of fused-ring (bicyclic) bond motifs is 1. The number of nitrogens with one attached hydrogen (secondary N) is 2. The lowest BCUT2D eigenvalue weighted by Crippen LogP contribution is -2.29. The van der Waals surface area contributed by atoms with Crippen LogP contribution < -0.4 is 10.1 Å². The fourth-order valence-corrected chi connectivity index (χ4v) is 3.08. The molecule has 4 heteroatoms. The molecule has 2 N–H and O–H groups in total. The zero-order valence-corrected chi connectivity index (χ0v) is 16.3. The SMILES string of the molecule is CC(C)(C)CC(=O)NCCc1c[nH]c2cc(OCc3ccccc3)ccc12. The van der Waals surface area contributed by atoms with Crippen LogP contribution in [0.15, 0.2) is 54.7 Å². The molecule has 0 saturated carbocycles. The van der Waals surface area contributed by atoms with Gasteiger partial charge in [-0.05, 0) is 35.1 Å². The first-order valence-electron chi connectivity index (χ1n) is 9.44. The Labute approximate surface area is 160 Å². The molecule has 0 spiro atoms. The van der Waals surface area contributed by atoms with Gasteiger partial charge in [0, 0.05) is 36.1 Å². The second kappa shape index (κ2) is 8.30. The zero-order chi connectivity index (χ0) is 19.3. The number of ether oxygens (including phenoxy) is 1. The Kier molecular flexibility index (Phi) is 5.84. The molecule has 0 unspecified atom stereocenters. The maximum Gasteiger partial charge on any atom is 0.220 e. The van der Waals surface area contributed by atoms with Gasteiger partial charge in [0.1, 0.15) is 12.4 Å². The first-order chi connectivity index (χ1) is 12.9. The molecule has 27 heavy (non-hydrogen) atoms. The lowest BCUT2D eigenvalue weighted by Gasteiger charge is -2.17. The number of amides is 1. The Morgan fingerprint density at radius 1 is 1.11 bits per heavy atom. The minimum atomic E-state index is 0.0149. The van der Waals surface area contributed by atoms with E-state index in [1.807, 2.05) is 36.5 Å². The summed E-state index contributed by atoms with van der Waals surface area (Å²) in [6.45, 7) is 7.42. The number of aromatic amines is 1. The van der Waals surface area contributed by atoms with E-state index in [0.29, 0.717) is 19.6 Å². The molecule has 3 aromatic rings. The quantitative estimate of drug-likeness (QED) is 0.630. The fourth-order valence-electron chi connectivity index (χ4n) is 3.08. The monoisotopic (exact) mass is 364 g/mol. The molecule has 1 aromatic heterocycles. The highest BCUT2D eigenvalue weighted by atomic mass is 16.5. The Morgan fingerprint density at radius 2 is 1.89 bits per heavy atom. The van der Waals surface area contributed by atoms with Crippen molar-refractivity contribution < 1.29 is 9.53 Å². The standard InChI is InChI=1S/C23H28N2O2/c1-23(2,3)14-22(26)24-12-11-18-15-25-21-13-19(9-10-20(18)21)27-16-17-7-5-4-6-8-17/h4-10,13,15,25H,11-12,14,16H2,1-3H3,(H,24,26). The Morgan fingerprint density at radius 3 is 2.63 bits per heavy atom. The maximum absolute atomic E-state index is 11.9. The van der Waals surface area contributed by atoms with E-state index in [1.54, 1.807) is 0 Å². The smallest absolute Gasteiger partial charge is 0.220 e. The van der Waals surface area contributed by atoms with Crippen LogP contribution in [-0.4, -0.2) is 17.4 Å². The van der Waals surface area contributed by atoms with Crippen LogP contribution >= 0.6 is 0 Å². The first kappa shape index (κ1) is 19.0. The Hall–Kier alpha value is -2.75. The van der Waals surface area contributed by atoms with E-state index < -0.39 is 0 Å². The lowest BCUT2D eigenvalue weighted by atomic mass is 9.92. The van der Waals surface area contributed by atoms with E-state index in [4.69, 9.17) is 4.74 Å². The number of hydrogen-bond donors (Lipinski definition) is 2. The molecule has 1 amide bonds. The van der Waals surface area contributed by atoms with Gasteiger partial charge in [-0.1, -0.05) is 51.1 Å². The summed E-state index contributed by atoms with van der Waals surface area (Å²) in [5.74, 6) is 0.956. The van der Waals surface area contributed by atoms with Crippen molar-refractivity contribution >= 4 is 16.8 Å². The second-order valence-electron chi connectivity index (χ2n) is 8.13. The van der Waals surface area contributed by atoms with Crippen LogP contribution in [0.4, 0.5) is 0 Å². The summed E-state index contributed by atoms with van der Waals surface area (Å²) in [5, 5.41) is 4.19. The average molecular weight is 364 g/mol. The number of carbonyl (C=O) groups is 1. The van der Waals surface area contributed by atoms with Crippen molar-refractivity contribution in [2.75, 3.05) is 6.54 Å². The maximum atomic E-state index is 11.9. The van der Waals surface area contributed by atoms with Crippen LogP contribution in [0.5, 0.6) is 5.75 Å². The van der Waals surface area contributed by atoms with Crippen LogP contribution in [0, 0.1) is 5.41 Å². The molecule has 3 rings (SSSR count). The Bertz CT molecular complexity index is 892. The van der Waals surface area contributed by atoms with Crippen LogP contribution in [-0.2, 0) is 17.8 Å². The van der Waals surface area contributed by atoms with Gasteiger partial charge in [0.2, 0.25) is 5.91 Å². The van der Waals surface area contributed by atoms with E-state index in [1.165, 1.54) is 10.9 Å². The lowest BCUT2D eigenvalue weighted by molar-refractivity contribution is -0.122. The van der Waals surface area contributed by atoms with Gasteiger partial charge < -0.3 is 15.0 Å². The molecule has 0 bridgehead atoms. The summed E-state index contributed by atoms with van der Waals surface area (Å²) in [6, 6.07) is 16.2. The molecule has 0 fully saturated rings. The molecule has 0 aliphatic heterocycles. The van der Waals surface area contributed by atoms with Crippen LogP contribution in [0.1, 0.15) is 38.3 Å². The summed E-state index contributed by atoms with van der Waals surface area (Å²) in [5.41, 5.74) is 3.42. The normalized spacial score (nSPS) is 11.5. The molecular formula is C23H28N2O2. The van der Waals surface area contributed by atoms with E-state index in [0.717, 1.165) is 23.3 Å². The number of rotatable bonds is 7. The summed E-state index contributed by atoms with van der Waals surface area (Å²) in [4.78, 5) is 15.3. The summed E-state index contributed by atoms with van der Waals surface area (Å²) < 4.78 is 5.89. The van der Waals surface area contributed by atoms with E-state index in [-0.39, 0.29) is 11.3 Å². The van der Waals surface area contributed by atoms with E-state index in [2.05, 4.69) is 49.3 Å². The fraction of sp³-hybridized carbons (Fsp3) is 0.348. The average Bonchev–Trinajstić information content (AvgIpc) is 3.02. The third kappa shape index (κ3) is 5.61. The van der Waals surface area contributed by atoms with Crippen LogP contribution in [0.3, 0.4) is 0 Å². The van der Waals surface area contributed by atoms with Gasteiger partial charge in [0.25, 0.3) is 0 Å². The number of benzene rings is 2. The number of carbonyl (C=O) groups excluding carboxylic acids is 1. The third-order valence-corrected chi connectivity index (χ3v) is 4.39. The molecule has 2 aromatic carbocycles. The van der Waals surface area contributed by atoms with Gasteiger partial charge in [0.05, 0.1) is 0 Å². The highest BCUT2D eigenvalue weighted by molar-refractivity contribution is 5.84. The van der Waals surface area contributed by atoms with Crippen molar-refractivity contribution in [3.63, 3.8) is 0 Å².